The first-order valence-electron chi connectivity index (χ1n) is 7.05. The third kappa shape index (κ3) is 2.03. The molecule has 0 saturated heterocycles. The minimum atomic E-state index is -0.630. The number of hydrogen-bond acceptors (Lipinski definition) is 2. The summed E-state index contributed by atoms with van der Waals surface area (Å²) in [4.78, 5) is 0. The molecule has 1 saturated carbocycles. The van der Waals surface area contributed by atoms with Gasteiger partial charge in [0.1, 0.15) is 5.75 Å². The van der Waals surface area contributed by atoms with Crippen LogP contribution in [0.4, 0.5) is 0 Å². The van der Waals surface area contributed by atoms with Crippen LogP contribution in [0.15, 0.2) is 18.2 Å². The van der Waals surface area contributed by atoms with Crippen molar-refractivity contribution in [3.8, 4) is 5.75 Å². The Labute approximate surface area is 109 Å². The highest BCUT2D eigenvalue weighted by molar-refractivity contribution is 5.41. The number of fused-ring (bicyclic) bond motifs is 1. The zero-order chi connectivity index (χ0) is 12.8. The van der Waals surface area contributed by atoms with E-state index in [1.165, 1.54) is 12.0 Å². The zero-order valence-electron chi connectivity index (χ0n) is 11.3. The molecule has 1 aliphatic heterocycles. The summed E-state index contributed by atoms with van der Waals surface area (Å²) < 4.78 is 5.53. The van der Waals surface area contributed by atoms with Crippen LogP contribution >= 0.6 is 0 Å². The molecule has 1 fully saturated rings. The van der Waals surface area contributed by atoms with Crippen LogP contribution in [-0.2, 0) is 12.0 Å². The molecule has 1 heterocycles. The Kier molecular flexibility index (Phi) is 2.86. The van der Waals surface area contributed by atoms with Crippen molar-refractivity contribution < 1.29 is 9.84 Å². The summed E-state index contributed by atoms with van der Waals surface area (Å²) in [5.41, 5.74) is 1.71. The van der Waals surface area contributed by atoms with Crippen molar-refractivity contribution in [2.45, 2.75) is 45.1 Å². The van der Waals surface area contributed by atoms with Gasteiger partial charge in [0.25, 0.3) is 0 Å². The van der Waals surface area contributed by atoms with Crippen molar-refractivity contribution in [2.24, 2.45) is 11.8 Å². The lowest BCUT2D eigenvalue weighted by Gasteiger charge is -2.39. The van der Waals surface area contributed by atoms with E-state index in [-0.39, 0.29) is 0 Å². The maximum atomic E-state index is 11.0. The minimum Gasteiger partial charge on any atom is -0.493 e. The van der Waals surface area contributed by atoms with Gasteiger partial charge in [-0.3, -0.25) is 0 Å². The smallest absolute Gasteiger partial charge is 0.122 e. The normalized spacial score (nSPS) is 35.1. The molecule has 2 atom stereocenters. The summed E-state index contributed by atoms with van der Waals surface area (Å²) in [5, 5.41) is 11.0. The standard InChI is InChI=1S/C16H22O2/c1-11-7-12(2)10-16(17,9-11)14-3-4-15-13(8-14)5-6-18-15/h3-4,8,11-12,17H,5-7,9-10H2,1-2H3. The summed E-state index contributed by atoms with van der Waals surface area (Å²) in [6, 6.07) is 6.24. The number of rotatable bonds is 1. The monoisotopic (exact) mass is 246 g/mol. The quantitative estimate of drug-likeness (QED) is 0.824. The molecule has 1 aromatic rings. The molecule has 2 aliphatic rings. The van der Waals surface area contributed by atoms with Crippen LogP contribution in [0.2, 0.25) is 0 Å². The average molecular weight is 246 g/mol. The van der Waals surface area contributed by atoms with Gasteiger partial charge < -0.3 is 9.84 Å². The fourth-order valence-corrected chi connectivity index (χ4v) is 3.80. The van der Waals surface area contributed by atoms with E-state index in [1.807, 2.05) is 6.07 Å². The van der Waals surface area contributed by atoms with E-state index in [0.29, 0.717) is 11.8 Å². The molecule has 0 bridgehead atoms. The van der Waals surface area contributed by atoms with Crippen LogP contribution in [0.3, 0.4) is 0 Å². The second-order valence-electron chi connectivity index (χ2n) is 6.31. The van der Waals surface area contributed by atoms with Crippen LogP contribution < -0.4 is 4.74 Å². The molecule has 2 nitrogen and oxygen atoms in total. The van der Waals surface area contributed by atoms with E-state index < -0.39 is 5.60 Å². The van der Waals surface area contributed by atoms with E-state index in [0.717, 1.165) is 37.2 Å². The van der Waals surface area contributed by atoms with Crippen LogP contribution in [0.1, 0.15) is 44.2 Å². The Morgan fingerprint density at radius 2 is 1.94 bits per heavy atom. The van der Waals surface area contributed by atoms with Gasteiger partial charge in [0.15, 0.2) is 0 Å². The topological polar surface area (TPSA) is 29.5 Å². The van der Waals surface area contributed by atoms with Crippen LogP contribution in [-0.4, -0.2) is 11.7 Å². The van der Waals surface area contributed by atoms with Gasteiger partial charge in [-0.05, 0) is 54.4 Å². The average Bonchev–Trinajstić information content (AvgIpc) is 2.73. The molecule has 0 radical (unpaired) electrons. The fourth-order valence-electron chi connectivity index (χ4n) is 3.80. The summed E-state index contributed by atoms with van der Waals surface area (Å²) in [6.07, 6.45) is 3.98. The molecule has 98 valence electrons. The number of aliphatic hydroxyl groups is 1. The Morgan fingerprint density at radius 3 is 2.67 bits per heavy atom. The fraction of sp³-hybridized carbons (Fsp3) is 0.625. The van der Waals surface area contributed by atoms with E-state index in [1.54, 1.807) is 0 Å². The molecule has 0 spiro atoms. The number of ether oxygens (including phenoxy) is 1. The van der Waals surface area contributed by atoms with Crippen molar-refractivity contribution in [1.82, 2.24) is 0 Å². The molecule has 1 aromatic carbocycles. The summed E-state index contributed by atoms with van der Waals surface area (Å²) in [5.74, 6) is 2.20. The molecule has 0 amide bonds. The van der Waals surface area contributed by atoms with Gasteiger partial charge in [0, 0.05) is 6.42 Å². The predicted octanol–water partition coefficient (Wildman–Crippen LogP) is 3.27. The van der Waals surface area contributed by atoms with Crippen molar-refractivity contribution >= 4 is 0 Å². The minimum absolute atomic E-state index is 0.600. The second-order valence-corrected chi connectivity index (χ2v) is 6.31. The lowest BCUT2D eigenvalue weighted by Crippen LogP contribution is -2.35. The largest absolute Gasteiger partial charge is 0.493 e. The first-order valence-corrected chi connectivity index (χ1v) is 7.05. The molecule has 3 rings (SSSR count). The molecule has 0 aromatic heterocycles. The SMILES string of the molecule is CC1CC(C)CC(O)(c2ccc3c(c2)CCO3)C1. The van der Waals surface area contributed by atoms with Crippen LogP contribution in [0.25, 0.3) is 0 Å². The van der Waals surface area contributed by atoms with Crippen molar-refractivity contribution in [1.29, 1.82) is 0 Å². The van der Waals surface area contributed by atoms with Gasteiger partial charge in [-0.1, -0.05) is 19.9 Å². The van der Waals surface area contributed by atoms with Crippen LogP contribution in [0.5, 0.6) is 5.75 Å². The van der Waals surface area contributed by atoms with Crippen molar-refractivity contribution in [2.75, 3.05) is 6.61 Å². The Bertz CT molecular complexity index is 442. The second kappa shape index (κ2) is 4.27. The Hall–Kier alpha value is -1.02. The third-order valence-corrected chi connectivity index (χ3v) is 4.40. The van der Waals surface area contributed by atoms with E-state index in [2.05, 4.69) is 26.0 Å². The molecule has 1 N–H and O–H groups in total. The first-order chi connectivity index (χ1) is 8.57. The highest BCUT2D eigenvalue weighted by Crippen LogP contribution is 2.43. The van der Waals surface area contributed by atoms with Gasteiger partial charge in [-0.25, -0.2) is 0 Å². The summed E-state index contributed by atoms with van der Waals surface area (Å²) >= 11 is 0. The van der Waals surface area contributed by atoms with Crippen molar-refractivity contribution in [3.05, 3.63) is 29.3 Å². The van der Waals surface area contributed by atoms with E-state index >= 15 is 0 Å². The Morgan fingerprint density at radius 1 is 1.22 bits per heavy atom. The molecule has 2 heteroatoms. The number of hydrogen-bond donors (Lipinski definition) is 1. The predicted molar refractivity (Wildman–Crippen MR) is 71.7 cm³/mol. The van der Waals surface area contributed by atoms with Gasteiger partial charge in [-0.15, -0.1) is 0 Å². The van der Waals surface area contributed by atoms with Crippen LogP contribution in [0, 0.1) is 11.8 Å². The molecular formula is C16H22O2. The third-order valence-electron chi connectivity index (χ3n) is 4.40. The van der Waals surface area contributed by atoms with E-state index in [4.69, 9.17) is 4.74 Å². The molecular weight excluding hydrogens is 224 g/mol. The highest BCUT2D eigenvalue weighted by atomic mass is 16.5. The molecule has 1 aliphatic carbocycles. The Balaban J connectivity index is 1.93. The first kappa shape index (κ1) is 12.0. The molecule has 18 heavy (non-hydrogen) atoms. The summed E-state index contributed by atoms with van der Waals surface area (Å²) in [7, 11) is 0. The lowest BCUT2D eigenvalue weighted by atomic mass is 9.70. The maximum absolute atomic E-state index is 11.0. The van der Waals surface area contributed by atoms with Gasteiger partial charge >= 0.3 is 0 Å². The van der Waals surface area contributed by atoms with Gasteiger partial charge in [0.05, 0.1) is 12.2 Å². The lowest BCUT2D eigenvalue weighted by molar-refractivity contribution is -0.0363. The summed E-state index contributed by atoms with van der Waals surface area (Å²) in [6.45, 7) is 5.28. The van der Waals surface area contributed by atoms with Gasteiger partial charge in [-0.2, -0.15) is 0 Å². The zero-order valence-corrected chi connectivity index (χ0v) is 11.3. The highest BCUT2D eigenvalue weighted by Gasteiger charge is 2.37. The molecule has 2 unspecified atom stereocenters. The van der Waals surface area contributed by atoms with Gasteiger partial charge in [0.2, 0.25) is 0 Å². The van der Waals surface area contributed by atoms with E-state index in [9.17, 15) is 5.11 Å². The number of benzene rings is 1. The van der Waals surface area contributed by atoms with Crippen molar-refractivity contribution in [3.63, 3.8) is 0 Å². The maximum Gasteiger partial charge on any atom is 0.122 e.